The third-order valence-electron chi connectivity index (χ3n) is 1.98. The van der Waals surface area contributed by atoms with Crippen LogP contribution in [0.3, 0.4) is 0 Å². The second-order valence-corrected chi connectivity index (χ2v) is 5.03. The van der Waals surface area contributed by atoms with Crippen LogP contribution in [-0.2, 0) is 0 Å². The van der Waals surface area contributed by atoms with Gasteiger partial charge in [0.15, 0.2) is 5.13 Å². The summed E-state index contributed by atoms with van der Waals surface area (Å²) in [6, 6.07) is 0.161. The number of rotatable bonds is 5. The number of nitrogens with zero attached hydrogens (tertiary/aromatic N) is 1. The number of amides is 1. The smallest absolute Gasteiger partial charge is 0.265 e. The number of thiazole rings is 1. The number of anilines is 2. The highest BCUT2D eigenvalue weighted by Gasteiger charge is 2.17. The Morgan fingerprint density at radius 2 is 2.18 bits per heavy atom. The van der Waals surface area contributed by atoms with Crippen molar-refractivity contribution in [1.82, 2.24) is 10.3 Å². The lowest BCUT2D eigenvalue weighted by molar-refractivity contribution is 0.0951. The van der Waals surface area contributed by atoms with E-state index in [0.717, 1.165) is 0 Å². The van der Waals surface area contributed by atoms with Crippen LogP contribution in [0.25, 0.3) is 0 Å². The summed E-state index contributed by atoms with van der Waals surface area (Å²) in [6.07, 6.45) is 1.66. The maximum Gasteiger partial charge on any atom is 0.265 e. The van der Waals surface area contributed by atoms with Crippen LogP contribution in [0.2, 0.25) is 0 Å². The minimum Gasteiger partial charge on any atom is -0.382 e. The first-order chi connectivity index (χ1) is 7.93. The molecule has 17 heavy (non-hydrogen) atoms. The van der Waals surface area contributed by atoms with Crippen LogP contribution in [0.4, 0.5) is 10.9 Å². The first-order valence-corrected chi connectivity index (χ1v) is 6.22. The van der Waals surface area contributed by atoms with Crippen molar-refractivity contribution < 1.29 is 4.79 Å². The molecule has 0 spiro atoms. The Hall–Kier alpha value is -1.56. The maximum atomic E-state index is 11.8. The monoisotopic (exact) mass is 254 g/mol. The number of nitrogens with one attached hydrogen (secondary N) is 2. The fraction of sp³-hybridized carbons (Fsp3) is 0.455. The Labute approximate surface area is 105 Å². The predicted molar refractivity (Wildman–Crippen MR) is 72.4 cm³/mol. The second kappa shape index (κ2) is 5.67. The van der Waals surface area contributed by atoms with Gasteiger partial charge in [-0.05, 0) is 20.8 Å². The second-order valence-electron chi connectivity index (χ2n) is 4.03. The zero-order chi connectivity index (χ0) is 13.0. The normalized spacial score (nSPS) is 12.2. The molecule has 1 heterocycles. The Morgan fingerprint density at radius 1 is 1.53 bits per heavy atom. The average molecular weight is 254 g/mol. The van der Waals surface area contributed by atoms with Gasteiger partial charge in [0, 0.05) is 12.1 Å². The zero-order valence-corrected chi connectivity index (χ0v) is 11.1. The summed E-state index contributed by atoms with van der Waals surface area (Å²) in [5.74, 6) is 0.0381. The SMILES string of the molecule is C=CC(C)NC(=O)c1sc(NC(C)C)nc1N. The zero-order valence-electron chi connectivity index (χ0n) is 10.3. The lowest BCUT2D eigenvalue weighted by Crippen LogP contribution is -2.30. The fourth-order valence-electron chi connectivity index (χ4n) is 1.13. The molecule has 4 N–H and O–H groups in total. The van der Waals surface area contributed by atoms with Crippen LogP contribution < -0.4 is 16.4 Å². The number of carbonyl (C=O) groups is 1. The van der Waals surface area contributed by atoms with E-state index in [4.69, 9.17) is 5.73 Å². The molecule has 1 rings (SSSR count). The highest BCUT2D eigenvalue weighted by molar-refractivity contribution is 7.18. The minimum atomic E-state index is -0.218. The molecule has 1 aromatic rings. The van der Waals surface area contributed by atoms with Gasteiger partial charge in [0.25, 0.3) is 5.91 Å². The number of hydrogen-bond donors (Lipinski definition) is 3. The maximum absolute atomic E-state index is 11.8. The van der Waals surface area contributed by atoms with E-state index in [9.17, 15) is 4.79 Å². The van der Waals surface area contributed by atoms with Crippen molar-refractivity contribution in [3.63, 3.8) is 0 Å². The molecule has 0 aliphatic heterocycles. The molecule has 0 aromatic carbocycles. The Kier molecular flexibility index (Phi) is 4.51. The summed E-state index contributed by atoms with van der Waals surface area (Å²) < 4.78 is 0. The summed E-state index contributed by atoms with van der Waals surface area (Å²) >= 11 is 1.25. The molecular formula is C11H18N4OS. The van der Waals surface area contributed by atoms with E-state index in [1.165, 1.54) is 11.3 Å². The van der Waals surface area contributed by atoms with Crippen LogP contribution in [0, 0.1) is 0 Å². The highest BCUT2D eigenvalue weighted by Crippen LogP contribution is 2.25. The van der Waals surface area contributed by atoms with E-state index < -0.39 is 0 Å². The van der Waals surface area contributed by atoms with Gasteiger partial charge in [0.1, 0.15) is 10.7 Å². The van der Waals surface area contributed by atoms with Crippen molar-refractivity contribution in [2.75, 3.05) is 11.1 Å². The number of aromatic nitrogens is 1. The third-order valence-corrected chi connectivity index (χ3v) is 2.99. The molecule has 0 saturated heterocycles. The van der Waals surface area contributed by atoms with Crippen LogP contribution >= 0.6 is 11.3 Å². The molecule has 1 unspecified atom stereocenters. The molecule has 5 nitrogen and oxygen atoms in total. The van der Waals surface area contributed by atoms with Gasteiger partial charge in [0.05, 0.1) is 0 Å². The number of carbonyl (C=O) groups excluding carboxylic acids is 1. The van der Waals surface area contributed by atoms with Crippen LogP contribution in [0.1, 0.15) is 30.4 Å². The van der Waals surface area contributed by atoms with E-state index in [-0.39, 0.29) is 23.8 Å². The number of nitrogens with two attached hydrogens (primary N) is 1. The van der Waals surface area contributed by atoms with E-state index in [0.29, 0.717) is 10.0 Å². The highest BCUT2D eigenvalue weighted by atomic mass is 32.1. The molecule has 1 amide bonds. The third kappa shape index (κ3) is 3.74. The van der Waals surface area contributed by atoms with Gasteiger partial charge in [-0.1, -0.05) is 17.4 Å². The molecule has 0 radical (unpaired) electrons. The summed E-state index contributed by atoms with van der Waals surface area (Å²) in [7, 11) is 0. The lowest BCUT2D eigenvalue weighted by atomic mass is 10.3. The summed E-state index contributed by atoms with van der Waals surface area (Å²) in [4.78, 5) is 16.4. The molecule has 94 valence electrons. The van der Waals surface area contributed by atoms with Gasteiger partial charge in [-0.3, -0.25) is 4.79 Å². The predicted octanol–water partition coefficient (Wildman–Crippen LogP) is 1.85. The van der Waals surface area contributed by atoms with Crippen LogP contribution in [0.15, 0.2) is 12.7 Å². The van der Waals surface area contributed by atoms with Crippen molar-refractivity contribution in [2.45, 2.75) is 32.9 Å². The van der Waals surface area contributed by atoms with Crippen molar-refractivity contribution >= 4 is 28.2 Å². The standard InChI is InChI=1S/C11H18N4OS/c1-5-7(4)14-10(16)8-9(12)15-11(17-8)13-6(2)3/h5-7H,1,12H2,2-4H3,(H,13,15)(H,14,16). The van der Waals surface area contributed by atoms with Crippen LogP contribution in [0.5, 0.6) is 0 Å². The molecule has 1 atom stereocenters. The molecule has 0 aliphatic rings. The van der Waals surface area contributed by atoms with Gasteiger partial charge < -0.3 is 16.4 Å². The summed E-state index contributed by atoms with van der Waals surface area (Å²) in [6.45, 7) is 9.44. The van der Waals surface area contributed by atoms with Crippen molar-refractivity contribution in [1.29, 1.82) is 0 Å². The van der Waals surface area contributed by atoms with Gasteiger partial charge >= 0.3 is 0 Å². The molecule has 0 saturated carbocycles. The first-order valence-electron chi connectivity index (χ1n) is 5.40. The van der Waals surface area contributed by atoms with Crippen LogP contribution in [-0.4, -0.2) is 23.0 Å². The summed E-state index contributed by atoms with van der Waals surface area (Å²) in [5.41, 5.74) is 5.71. The molecule has 1 aromatic heterocycles. The lowest BCUT2D eigenvalue weighted by Gasteiger charge is -2.07. The molecular weight excluding hydrogens is 236 g/mol. The minimum absolute atomic E-state index is 0.0921. The molecule has 0 bridgehead atoms. The van der Waals surface area contributed by atoms with Gasteiger partial charge in [-0.15, -0.1) is 6.58 Å². The molecule has 0 fully saturated rings. The first kappa shape index (κ1) is 13.5. The quantitative estimate of drug-likeness (QED) is 0.701. The van der Waals surface area contributed by atoms with E-state index in [2.05, 4.69) is 22.2 Å². The molecule has 6 heteroatoms. The largest absolute Gasteiger partial charge is 0.382 e. The Morgan fingerprint density at radius 3 is 2.71 bits per heavy atom. The topological polar surface area (TPSA) is 80.0 Å². The fourth-order valence-corrected chi connectivity index (χ4v) is 2.07. The van der Waals surface area contributed by atoms with Gasteiger partial charge in [-0.25, -0.2) is 4.98 Å². The van der Waals surface area contributed by atoms with Gasteiger partial charge in [0.2, 0.25) is 0 Å². The van der Waals surface area contributed by atoms with Crippen molar-refractivity contribution in [2.24, 2.45) is 0 Å². The Balaban J connectivity index is 2.80. The van der Waals surface area contributed by atoms with Gasteiger partial charge in [-0.2, -0.15) is 0 Å². The van der Waals surface area contributed by atoms with Crippen molar-refractivity contribution in [3.05, 3.63) is 17.5 Å². The Bertz CT molecular complexity index is 414. The van der Waals surface area contributed by atoms with Crippen molar-refractivity contribution in [3.8, 4) is 0 Å². The van der Waals surface area contributed by atoms with E-state index in [1.54, 1.807) is 6.08 Å². The number of hydrogen-bond acceptors (Lipinski definition) is 5. The van der Waals surface area contributed by atoms with E-state index in [1.807, 2.05) is 20.8 Å². The number of nitrogen functional groups attached to an aromatic ring is 1. The molecule has 0 aliphatic carbocycles. The van der Waals surface area contributed by atoms with E-state index >= 15 is 0 Å². The average Bonchev–Trinajstić information content (AvgIpc) is 2.58. The summed E-state index contributed by atoms with van der Waals surface area (Å²) in [5, 5.41) is 6.54.